The molecule has 1 aliphatic rings. The molecule has 0 aromatic heterocycles. The van der Waals surface area contributed by atoms with Crippen LogP contribution in [0.4, 0.5) is 0 Å². The molecule has 164 valence electrons. The molecular weight excluding hydrogens is 414 g/mol. The van der Waals surface area contributed by atoms with Crippen LogP contribution in [-0.2, 0) is 20.1 Å². The number of nitrogens with one attached hydrogen (secondary N) is 1. The third-order valence-corrected chi connectivity index (χ3v) is 5.92. The molecule has 0 bridgehead atoms. The Hall–Kier alpha value is -2.84. The van der Waals surface area contributed by atoms with Gasteiger partial charge in [-0.15, -0.1) is 11.8 Å². The molecule has 1 N–H and O–H groups in total. The lowest BCUT2D eigenvalue weighted by molar-refractivity contribution is -0.137. The number of thioether (sulfide) groups is 1. The van der Waals surface area contributed by atoms with Crippen LogP contribution in [-0.4, -0.2) is 61.1 Å². The van der Waals surface area contributed by atoms with Gasteiger partial charge in [0, 0.05) is 18.8 Å². The maximum absolute atomic E-state index is 12.2. The van der Waals surface area contributed by atoms with Gasteiger partial charge in [-0.25, -0.2) is 5.43 Å². The summed E-state index contributed by atoms with van der Waals surface area (Å²) in [5.41, 5.74) is 4.58. The number of nitrogens with zero attached hydrogens (tertiary/aromatic N) is 2. The van der Waals surface area contributed by atoms with Gasteiger partial charge in [-0.2, -0.15) is 5.10 Å². The molecule has 0 radical (unpaired) electrons. The Balaban J connectivity index is 1.38. The fraction of sp³-hybridized carbons (Fsp3) is 0.348. The van der Waals surface area contributed by atoms with Crippen molar-refractivity contribution in [3.8, 4) is 5.75 Å². The Kier molecular flexibility index (Phi) is 8.93. The van der Waals surface area contributed by atoms with Crippen LogP contribution in [0.1, 0.15) is 18.1 Å². The lowest BCUT2D eigenvalue weighted by atomic mass is 10.2. The molecule has 0 spiro atoms. The van der Waals surface area contributed by atoms with E-state index in [2.05, 4.69) is 10.5 Å². The number of rotatable bonds is 9. The van der Waals surface area contributed by atoms with Crippen LogP contribution in [0, 0.1) is 0 Å². The maximum Gasteiger partial charge on any atom is 0.260 e. The molecule has 2 amide bonds. The van der Waals surface area contributed by atoms with Crippen molar-refractivity contribution < 1.29 is 19.1 Å². The quantitative estimate of drug-likeness (QED) is 0.478. The molecule has 3 rings (SSSR count). The van der Waals surface area contributed by atoms with Crippen LogP contribution >= 0.6 is 11.8 Å². The van der Waals surface area contributed by atoms with E-state index in [9.17, 15) is 9.59 Å². The van der Waals surface area contributed by atoms with E-state index < -0.39 is 0 Å². The van der Waals surface area contributed by atoms with E-state index >= 15 is 0 Å². The Morgan fingerprint density at radius 1 is 1.16 bits per heavy atom. The van der Waals surface area contributed by atoms with E-state index in [4.69, 9.17) is 9.47 Å². The van der Waals surface area contributed by atoms with Crippen LogP contribution in [0.5, 0.6) is 5.75 Å². The van der Waals surface area contributed by atoms with E-state index in [1.54, 1.807) is 35.0 Å². The van der Waals surface area contributed by atoms with Crippen molar-refractivity contribution in [2.45, 2.75) is 17.9 Å². The fourth-order valence-electron chi connectivity index (χ4n) is 2.83. The Morgan fingerprint density at radius 2 is 1.87 bits per heavy atom. The number of hydrazone groups is 1. The van der Waals surface area contributed by atoms with Crippen molar-refractivity contribution in [3.05, 3.63) is 65.7 Å². The van der Waals surface area contributed by atoms with Crippen LogP contribution in [0.3, 0.4) is 0 Å². The summed E-state index contributed by atoms with van der Waals surface area (Å²) in [4.78, 5) is 26.0. The minimum Gasteiger partial charge on any atom is -0.484 e. The Bertz CT molecular complexity index is 868. The molecule has 1 saturated heterocycles. The van der Waals surface area contributed by atoms with Crippen LogP contribution in [0.25, 0.3) is 0 Å². The lowest BCUT2D eigenvalue weighted by Crippen LogP contribution is -2.42. The highest BCUT2D eigenvalue weighted by Crippen LogP contribution is 2.17. The summed E-state index contributed by atoms with van der Waals surface area (Å²) in [7, 11) is 0. The van der Waals surface area contributed by atoms with Gasteiger partial charge in [-0.1, -0.05) is 30.3 Å². The van der Waals surface area contributed by atoms with E-state index in [0.29, 0.717) is 32.1 Å². The van der Waals surface area contributed by atoms with Gasteiger partial charge in [0.2, 0.25) is 0 Å². The summed E-state index contributed by atoms with van der Waals surface area (Å²) in [6.07, 6.45) is 1.58. The van der Waals surface area contributed by atoms with Crippen LogP contribution in [0.2, 0.25) is 0 Å². The standard InChI is InChI=1S/C23H27N3O4S/c1-18(31-17-20-5-3-2-4-6-20)23(28)25-24-15-19-7-9-21(10-8-19)30-16-22(27)26-11-13-29-14-12-26/h2-10,15,18H,11-14,16-17H2,1H3,(H,25,28)/b24-15-/t18-/m1/s1. The fourth-order valence-corrected chi connectivity index (χ4v) is 3.67. The minimum atomic E-state index is -0.211. The molecule has 0 unspecified atom stereocenters. The highest BCUT2D eigenvalue weighted by Gasteiger charge is 2.17. The molecule has 0 saturated carbocycles. The average molecular weight is 442 g/mol. The molecule has 31 heavy (non-hydrogen) atoms. The van der Waals surface area contributed by atoms with Gasteiger partial charge in [0.25, 0.3) is 11.8 Å². The number of hydrogen-bond donors (Lipinski definition) is 1. The van der Waals surface area contributed by atoms with Crippen molar-refractivity contribution in [3.63, 3.8) is 0 Å². The SMILES string of the molecule is C[C@@H](SCc1ccccc1)C(=O)N/N=C\c1ccc(OCC(=O)N2CCOCC2)cc1. The minimum absolute atomic E-state index is 0.00201. The molecule has 7 nitrogen and oxygen atoms in total. The zero-order chi connectivity index (χ0) is 21.9. The number of amides is 2. The second-order valence-electron chi connectivity index (χ2n) is 7.02. The summed E-state index contributed by atoms with van der Waals surface area (Å²) in [6, 6.07) is 17.2. The predicted molar refractivity (Wildman–Crippen MR) is 122 cm³/mol. The maximum atomic E-state index is 12.2. The van der Waals surface area contributed by atoms with E-state index in [1.807, 2.05) is 49.4 Å². The van der Waals surface area contributed by atoms with Crippen molar-refractivity contribution in [2.75, 3.05) is 32.9 Å². The number of hydrogen-bond acceptors (Lipinski definition) is 6. The van der Waals surface area contributed by atoms with Gasteiger partial charge in [0.1, 0.15) is 5.75 Å². The topological polar surface area (TPSA) is 80.2 Å². The average Bonchev–Trinajstić information content (AvgIpc) is 2.83. The Morgan fingerprint density at radius 3 is 2.58 bits per heavy atom. The molecule has 1 fully saturated rings. The lowest BCUT2D eigenvalue weighted by Gasteiger charge is -2.26. The largest absolute Gasteiger partial charge is 0.484 e. The smallest absolute Gasteiger partial charge is 0.260 e. The molecule has 1 heterocycles. The summed E-state index contributed by atoms with van der Waals surface area (Å²) in [5.74, 6) is 1.19. The summed E-state index contributed by atoms with van der Waals surface area (Å²) in [5, 5.41) is 3.82. The van der Waals surface area contributed by atoms with Crippen molar-refractivity contribution in [1.82, 2.24) is 10.3 Å². The zero-order valence-corrected chi connectivity index (χ0v) is 18.3. The first-order chi connectivity index (χ1) is 15.1. The van der Waals surface area contributed by atoms with E-state index in [0.717, 1.165) is 11.3 Å². The molecule has 8 heteroatoms. The number of ether oxygens (including phenoxy) is 2. The molecule has 1 atom stereocenters. The summed E-state index contributed by atoms with van der Waals surface area (Å²) < 4.78 is 10.8. The first-order valence-electron chi connectivity index (χ1n) is 10.2. The number of carbonyl (C=O) groups excluding carboxylic acids is 2. The summed E-state index contributed by atoms with van der Waals surface area (Å²) >= 11 is 1.56. The van der Waals surface area contributed by atoms with Crippen LogP contribution in [0.15, 0.2) is 59.7 Å². The van der Waals surface area contributed by atoms with E-state index in [-0.39, 0.29) is 23.7 Å². The monoisotopic (exact) mass is 441 g/mol. The van der Waals surface area contributed by atoms with Crippen LogP contribution < -0.4 is 10.2 Å². The number of benzene rings is 2. The van der Waals surface area contributed by atoms with Gasteiger partial charge in [0.05, 0.1) is 24.7 Å². The molecular formula is C23H27N3O4S. The summed E-state index contributed by atoms with van der Waals surface area (Å²) in [6.45, 7) is 4.21. The number of carbonyl (C=O) groups is 2. The van der Waals surface area contributed by atoms with Gasteiger partial charge < -0.3 is 14.4 Å². The second kappa shape index (κ2) is 12.1. The van der Waals surface area contributed by atoms with Gasteiger partial charge in [-0.3, -0.25) is 9.59 Å². The molecule has 2 aromatic carbocycles. The van der Waals surface area contributed by atoms with Gasteiger partial charge >= 0.3 is 0 Å². The highest BCUT2D eigenvalue weighted by molar-refractivity contribution is 7.99. The Labute approximate surface area is 186 Å². The molecule has 1 aliphatic heterocycles. The first-order valence-corrected chi connectivity index (χ1v) is 11.2. The predicted octanol–water partition coefficient (Wildman–Crippen LogP) is 2.70. The van der Waals surface area contributed by atoms with Crippen molar-refractivity contribution in [1.29, 1.82) is 0 Å². The van der Waals surface area contributed by atoms with Gasteiger partial charge in [-0.05, 0) is 42.3 Å². The van der Waals surface area contributed by atoms with Crippen molar-refractivity contribution >= 4 is 29.8 Å². The number of morpholine rings is 1. The second-order valence-corrected chi connectivity index (χ2v) is 8.35. The highest BCUT2D eigenvalue weighted by atomic mass is 32.2. The third kappa shape index (κ3) is 7.73. The first kappa shape index (κ1) is 22.8. The normalized spacial score (nSPS) is 14.9. The van der Waals surface area contributed by atoms with E-state index in [1.165, 1.54) is 5.56 Å². The molecule has 0 aliphatic carbocycles. The zero-order valence-electron chi connectivity index (χ0n) is 17.5. The van der Waals surface area contributed by atoms with Crippen molar-refractivity contribution in [2.24, 2.45) is 5.10 Å². The van der Waals surface area contributed by atoms with Gasteiger partial charge in [0.15, 0.2) is 6.61 Å². The molecule has 2 aromatic rings. The third-order valence-electron chi connectivity index (χ3n) is 4.71.